The molecule has 4 rings (SSSR count). The number of halogens is 1. The fourth-order valence-electron chi connectivity index (χ4n) is 4.07. The van der Waals surface area contributed by atoms with Crippen molar-refractivity contribution in [2.75, 3.05) is 13.2 Å². The molecule has 1 atom stereocenters. The van der Waals surface area contributed by atoms with Crippen LogP contribution in [0.3, 0.4) is 0 Å². The van der Waals surface area contributed by atoms with E-state index in [-0.39, 0.29) is 6.29 Å². The number of ether oxygens (including phenoxy) is 2. The highest BCUT2D eigenvalue weighted by molar-refractivity contribution is 6.31. The Labute approximate surface area is 178 Å². The minimum atomic E-state index is -0.193. The van der Waals surface area contributed by atoms with Crippen LogP contribution in [0.2, 0.25) is 5.02 Å². The van der Waals surface area contributed by atoms with Crippen molar-refractivity contribution in [3.05, 3.63) is 76.4 Å². The van der Waals surface area contributed by atoms with Gasteiger partial charge in [0.05, 0.1) is 18.7 Å². The first-order valence-corrected chi connectivity index (χ1v) is 11.0. The Bertz CT molecular complexity index is 952. The molecule has 0 saturated carbocycles. The third-order valence-corrected chi connectivity index (χ3v) is 5.92. The van der Waals surface area contributed by atoms with Crippen molar-refractivity contribution in [2.45, 2.75) is 51.2 Å². The number of pyridine rings is 1. The van der Waals surface area contributed by atoms with Crippen molar-refractivity contribution in [1.29, 1.82) is 0 Å². The van der Waals surface area contributed by atoms with Gasteiger partial charge in [-0.2, -0.15) is 0 Å². The normalized spacial score (nSPS) is 15.8. The van der Waals surface area contributed by atoms with E-state index in [9.17, 15) is 0 Å². The van der Waals surface area contributed by atoms with Crippen LogP contribution < -0.4 is 0 Å². The molecule has 3 aromatic rings. The fourth-order valence-corrected chi connectivity index (χ4v) is 4.24. The van der Waals surface area contributed by atoms with Crippen LogP contribution in [-0.2, 0) is 15.9 Å². The molecule has 1 saturated heterocycles. The summed E-state index contributed by atoms with van der Waals surface area (Å²) < 4.78 is 11.4. The van der Waals surface area contributed by atoms with E-state index in [2.05, 4.69) is 43.3 Å². The second kappa shape index (κ2) is 9.71. The summed E-state index contributed by atoms with van der Waals surface area (Å²) in [6.07, 6.45) is 5.56. The Balaban J connectivity index is 1.27. The van der Waals surface area contributed by atoms with Gasteiger partial charge >= 0.3 is 0 Å². The Hall–Kier alpha value is -1.94. The van der Waals surface area contributed by atoms with E-state index in [0.29, 0.717) is 19.1 Å². The first-order chi connectivity index (χ1) is 14.2. The predicted molar refractivity (Wildman–Crippen MR) is 118 cm³/mol. The Morgan fingerprint density at radius 3 is 2.66 bits per heavy atom. The van der Waals surface area contributed by atoms with Crippen molar-refractivity contribution in [3.63, 3.8) is 0 Å². The summed E-state index contributed by atoms with van der Waals surface area (Å²) in [4.78, 5) is 4.76. The summed E-state index contributed by atoms with van der Waals surface area (Å²) in [5.74, 6) is 0.500. The first kappa shape index (κ1) is 20.3. The van der Waals surface area contributed by atoms with Gasteiger partial charge in [0.1, 0.15) is 0 Å². The van der Waals surface area contributed by atoms with Crippen molar-refractivity contribution >= 4 is 22.5 Å². The number of fused-ring (bicyclic) bond motifs is 1. The Kier molecular flexibility index (Phi) is 6.81. The SMILES string of the molecule is CC(CCCCCc1ccc2ccc(Cl)cc2n1)c1ccccc1C1OCCO1. The highest BCUT2D eigenvalue weighted by atomic mass is 35.5. The third-order valence-electron chi connectivity index (χ3n) is 5.68. The average molecular weight is 410 g/mol. The van der Waals surface area contributed by atoms with Crippen LogP contribution in [0.4, 0.5) is 0 Å². The van der Waals surface area contributed by atoms with Crippen LogP contribution in [0.5, 0.6) is 0 Å². The van der Waals surface area contributed by atoms with Gasteiger partial charge in [0.2, 0.25) is 0 Å². The van der Waals surface area contributed by atoms with Crippen molar-refractivity contribution in [1.82, 2.24) is 4.98 Å². The topological polar surface area (TPSA) is 31.4 Å². The largest absolute Gasteiger partial charge is 0.346 e. The van der Waals surface area contributed by atoms with Gasteiger partial charge in [-0.05, 0) is 48.9 Å². The van der Waals surface area contributed by atoms with E-state index >= 15 is 0 Å². The summed E-state index contributed by atoms with van der Waals surface area (Å²) in [5, 5.41) is 1.88. The molecule has 29 heavy (non-hydrogen) atoms. The lowest BCUT2D eigenvalue weighted by molar-refractivity contribution is -0.0449. The molecule has 1 fully saturated rings. The molecular formula is C25H28ClNO2. The summed E-state index contributed by atoms with van der Waals surface area (Å²) in [6, 6.07) is 18.7. The number of rotatable bonds is 8. The molecule has 2 heterocycles. The zero-order valence-electron chi connectivity index (χ0n) is 16.9. The van der Waals surface area contributed by atoms with Gasteiger partial charge in [-0.3, -0.25) is 4.98 Å². The predicted octanol–water partition coefficient (Wildman–Crippen LogP) is 6.84. The van der Waals surface area contributed by atoms with E-state index in [1.165, 1.54) is 30.4 Å². The number of hydrogen-bond acceptors (Lipinski definition) is 3. The fraction of sp³-hybridized carbons (Fsp3) is 0.400. The molecule has 0 N–H and O–H groups in total. The van der Waals surface area contributed by atoms with Crippen LogP contribution in [-0.4, -0.2) is 18.2 Å². The van der Waals surface area contributed by atoms with E-state index in [4.69, 9.17) is 26.1 Å². The molecule has 1 unspecified atom stereocenters. The van der Waals surface area contributed by atoms with E-state index in [1.54, 1.807) is 0 Å². The first-order valence-electron chi connectivity index (χ1n) is 10.6. The number of unbranched alkanes of at least 4 members (excludes halogenated alkanes) is 2. The van der Waals surface area contributed by atoms with Crippen molar-refractivity contribution in [2.24, 2.45) is 0 Å². The Morgan fingerprint density at radius 1 is 1.00 bits per heavy atom. The molecule has 3 nitrogen and oxygen atoms in total. The quantitative estimate of drug-likeness (QED) is 0.381. The van der Waals surface area contributed by atoms with Gasteiger partial charge in [-0.25, -0.2) is 0 Å². The monoisotopic (exact) mass is 409 g/mol. The molecule has 2 aromatic carbocycles. The van der Waals surface area contributed by atoms with Crippen LogP contribution >= 0.6 is 11.6 Å². The van der Waals surface area contributed by atoms with E-state index in [1.807, 2.05) is 18.2 Å². The molecule has 0 bridgehead atoms. The number of nitrogens with zero attached hydrogens (tertiary/aromatic N) is 1. The maximum Gasteiger partial charge on any atom is 0.184 e. The summed E-state index contributed by atoms with van der Waals surface area (Å²) in [7, 11) is 0. The number of benzene rings is 2. The van der Waals surface area contributed by atoms with Crippen molar-refractivity contribution in [3.8, 4) is 0 Å². The lowest BCUT2D eigenvalue weighted by atomic mass is 9.90. The molecule has 1 aliphatic rings. The molecule has 1 aromatic heterocycles. The lowest BCUT2D eigenvalue weighted by Crippen LogP contribution is -2.05. The number of aromatic nitrogens is 1. The highest BCUT2D eigenvalue weighted by Crippen LogP contribution is 2.32. The van der Waals surface area contributed by atoms with Gasteiger partial charge in [-0.15, -0.1) is 0 Å². The molecule has 0 radical (unpaired) electrons. The molecule has 0 spiro atoms. The summed E-state index contributed by atoms with van der Waals surface area (Å²) in [5.41, 5.74) is 4.68. The summed E-state index contributed by atoms with van der Waals surface area (Å²) in [6.45, 7) is 3.67. The van der Waals surface area contributed by atoms with Crippen LogP contribution in [0, 0.1) is 0 Å². The molecule has 0 amide bonds. The minimum Gasteiger partial charge on any atom is -0.346 e. The van der Waals surface area contributed by atoms with E-state index < -0.39 is 0 Å². The van der Waals surface area contributed by atoms with Gasteiger partial charge < -0.3 is 9.47 Å². The maximum atomic E-state index is 6.09. The number of hydrogen-bond donors (Lipinski definition) is 0. The molecule has 0 aliphatic carbocycles. The molecule has 1 aliphatic heterocycles. The standard InChI is InChI=1S/C25H28ClNO2/c1-18(22-9-5-6-10-23(22)25-28-15-16-29-25)7-3-2-4-8-21-14-12-19-11-13-20(26)17-24(19)27-21/h5-6,9-14,17-18,25H,2-4,7-8,15-16H2,1H3. The highest BCUT2D eigenvalue weighted by Gasteiger charge is 2.22. The van der Waals surface area contributed by atoms with Gasteiger partial charge in [0.25, 0.3) is 0 Å². The van der Waals surface area contributed by atoms with Crippen LogP contribution in [0.15, 0.2) is 54.6 Å². The smallest absolute Gasteiger partial charge is 0.184 e. The van der Waals surface area contributed by atoms with Crippen molar-refractivity contribution < 1.29 is 9.47 Å². The average Bonchev–Trinajstić information content (AvgIpc) is 3.28. The zero-order chi connectivity index (χ0) is 20.1. The van der Waals surface area contributed by atoms with E-state index in [0.717, 1.165) is 34.5 Å². The lowest BCUT2D eigenvalue weighted by Gasteiger charge is -2.19. The Morgan fingerprint density at radius 2 is 1.79 bits per heavy atom. The van der Waals surface area contributed by atoms with Crippen LogP contribution in [0.1, 0.15) is 61.6 Å². The second-order valence-electron chi connectivity index (χ2n) is 7.84. The van der Waals surface area contributed by atoms with Gasteiger partial charge in [0, 0.05) is 21.7 Å². The number of aryl methyl sites for hydroxylation is 1. The van der Waals surface area contributed by atoms with Crippen LogP contribution in [0.25, 0.3) is 10.9 Å². The second-order valence-corrected chi connectivity index (χ2v) is 8.28. The molecule has 4 heteroatoms. The minimum absolute atomic E-state index is 0.193. The molecular weight excluding hydrogens is 382 g/mol. The van der Waals surface area contributed by atoms with Gasteiger partial charge in [-0.1, -0.05) is 67.8 Å². The maximum absolute atomic E-state index is 6.09. The third kappa shape index (κ3) is 5.16. The summed E-state index contributed by atoms with van der Waals surface area (Å²) >= 11 is 6.09. The zero-order valence-corrected chi connectivity index (χ0v) is 17.7. The molecule has 152 valence electrons. The van der Waals surface area contributed by atoms with Gasteiger partial charge in [0.15, 0.2) is 6.29 Å².